The predicted octanol–water partition coefficient (Wildman–Crippen LogP) is 0.229. The summed E-state index contributed by atoms with van der Waals surface area (Å²) in [7, 11) is 0. The monoisotopic (exact) mass is 341 g/mol. The van der Waals surface area contributed by atoms with E-state index in [9.17, 15) is 23.5 Å². The molecule has 0 radical (unpaired) electrons. The van der Waals surface area contributed by atoms with Gasteiger partial charge in [0.1, 0.15) is 11.6 Å². The van der Waals surface area contributed by atoms with Crippen LogP contribution in [-0.4, -0.2) is 42.7 Å². The summed E-state index contributed by atoms with van der Waals surface area (Å²) in [5.74, 6) is -2.46. The number of hydrogen-bond donors (Lipinski definition) is 4. The smallest absolute Gasteiger partial charge is 0.222 e. The minimum atomic E-state index is -0.894. The molecule has 3 atom stereocenters. The number of aliphatic hydroxyl groups excluding tert-OH is 1. The van der Waals surface area contributed by atoms with Crippen molar-refractivity contribution in [1.82, 2.24) is 16.0 Å². The fourth-order valence-corrected chi connectivity index (χ4v) is 2.70. The van der Waals surface area contributed by atoms with Gasteiger partial charge in [0.25, 0.3) is 0 Å². The Morgan fingerprint density at radius 1 is 1.38 bits per heavy atom. The summed E-state index contributed by atoms with van der Waals surface area (Å²) in [6.45, 7) is 2.62. The quantitative estimate of drug-likeness (QED) is 0.596. The fourth-order valence-electron chi connectivity index (χ4n) is 2.70. The summed E-state index contributed by atoms with van der Waals surface area (Å²) in [5.41, 5.74) is 0.0457. The molecule has 1 aromatic rings. The molecule has 1 aromatic carbocycles. The third kappa shape index (κ3) is 4.97. The highest BCUT2D eigenvalue weighted by Crippen LogP contribution is 2.21. The first kappa shape index (κ1) is 18.3. The molecule has 4 N–H and O–H groups in total. The average Bonchev–Trinajstić information content (AvgIpc) is 2.89. The second kappa shape index (κ2) is 8.16. The minimum absolute atomic E-state index is 0.0457. The molecule has 1 saturated heterocycles. The van der Waals surface area contributed by atoms with Gasteiger partial charge in [-0.25, -0.2) is 8.78 Å². The predicted molar refractivity (Wildman–Crippen MR) is 82.9 cm³/mol. The van der Waals surface area contributed by atoms with Crippen molar-refractivity contribution in [2.24, 2.45) is 5.92 Å². The molecule has 1 heterocycles. The molecule has 3 unspecified atom stereocenters. The minimum Gasteiger partial charge on any atom is -0.391 e. The van der Waals surface area contributed by atoms with Crippen LogP contribution in [0.4, 0.5) is 8.78 Å². The Morgan fingerprint density at radius 2 is 2.12 bits per heavy atom. The summed E-state index contributed by atoms with van der Waals surface area (Å²) in [5, 5.41) is 17.9. The van der Waals surface area contributed by atoms with Crippen LogP contribution in [0.1, 0.15) is 24.9 Å². The SMILES string of the molecule is CC(=O)NC(CC(=O)NCC1CNCC1O)c1ccc(F)cc1F. The number of rotatable bonds is 6. The Labute approximate surface area is 138 Å². The van der Waals surface area contributed by atoms with Crippen molar-refractivity contribution < 1.29 is 23.5 Å². The first-order chi connectivity index (χ1) is 11.4. The molecular weight excluding hydrogens is 320 g/mol. The zero-order valence-electron chi connectivity index (χ0n) is 13.3. The molecule has 24 heavy (non-hydrogen) atoms. The molecule has 6 nitrogen and oxygen atoms in total. The summed E-state index contributed by atoms with van der Waals surface area (Å²) in [4.78, 5) is 23.4. The van der Waals surface area contributed by atoms with E-state index in [1.165, 1.54) is 13.0 Å². The largest absolute Gasteiger partial charge is 0.391 e. The van der Waals surface area contributed by atoms with Crippen molar-refractivity contribution in [3.8, 4) is 0 Å². The van der Waals surface area contributed by atoms with E-state index in [1.807, 2.05) is 0 Å². The van der Waals surface area contributed by atoms with Crippen molar-refractivity contribution >= 4 is 11.8 Å². The normalized spacial score (nSPS) is 21.3. The van der Waals surface area contributed by atoms with Crippen LogP contribution in [0.2, 0.25) is 0 Å². The van der Waals surface area contributed by atoms with E-state index in [0.717, 1.165) is 6.07 Å². The Morgan fingerprint density at radius 3 is 2.71 bits per heavy atom. The topological polar surface area (TPSA) is 90.5 Å². The number of hydrogen-bond acceptors (Lipinski definition) is 4. The highest BCUT2D eigenvalue weighted by atomic mass is 19.1. The Balaban J connectivity index is 1.99. The maximum absolute atomic E-state index is 13.9. The van der Waals surface area contributed by atoms with E-state index in [-0.39, 0.29) is 24.4 Å². The van der Waals surface area contributed by atoms with Crippen molar-refractivity contribution in [3.63, 3.8) is 0 Å². The van der Waals surface area contributed by atoms with Crippen molar-refractivity contribution in [2.45, 2.75) is 25.5 Å². The summed E-state index contributed by atoms with van der Waals surface area (Å²) >= 11 is 0. The average molecular weight is 341 g/mol. The van der Waals surface area contributed by atoms with E-state index in [4.69, 9.17) is 0 Å². The molecule has 2 amide bonds. The van der Waals surface area contributed by atoms with Crippen LogP contribution in [0, 0.1) is 17.6 Å². The number of benzene rings is 1. The van der Waals surface area contributed by atoms with Crippen molar-refractivity contribution in [3.05, 3.63) is 35.4 Å². The lowest BCUT2D eigenvalue weighted by atomic mass is 10.0. The van der Waals surface area contributed by atoms with Gasteiger partial charge < -0.3 is 21.1 Å². The van der Waals surface area contributed by atoms with E-state index in [1.54, 1.807) is 0 Å². The van der Waals surface area contributed by atoms with Crippen LogP contribution in [0.3, 0.4) is 0 Å². The number of β-amino-alcohol motifs (C(OH)–C–C–N with tert-alkyl or cyclic N) is 1. The first-order valence-electron chi connectivity index (χ1n) is 7.74. The molecule has 2 rings (SSSR count). The lowest BCUT2D eigenvalue weighted by molar-refractivity contribution is -0.123. The maximum Gasteiger partial charge on any atom is 0.222 e. The van der Waals surface area contributed by atoms with E-state index in [2.05, 4.69) is 16.0 Å². The molecule has 0 aliphatic carbocycles. The molecule has 0 saturated carbocycles. The Kier molecular flexibility index (Phi) is 6.22. The lowest BCUT2D eigenvalue weighted by Crippen LogP contribution is -2.37. The van der Waals surface area contributed by atoms with Crippen LogP contribution in [-0.2, 0) is 9.59 Å². The number of carbonyl (C=O) groups excluding carboxylic acids is 2. The lowest BCUT2D eigenvalue weighted by Gasteiger charge is -2.20. The first-order valence-corrected chi connectivity index (χ1v) is 7.74. The Bertz CT molecular complexity index is 612. The molecule has 1 aliphatic rings. The van der Waals surface area contributed by atoms with Gasteiger partial charge in [0.15, 0.2) is 0 Å². The van der Waals surface area contributed by atoms with Gasteiger partial charge in [-0.1, -0.05) is 6.07 Å². The summed E-state index contributed by atoms with van der Waals surface area (Å²) in [6.07, 6.45) is -0.704. The maximum atomic E-state index is 13.9. The number of amides is 2. The Hall–Kier alpha value is -2.06. The third-order valence-electron chi connectivity index (χ3n) is 3.97. The standard InChI is InChI=1S/C16H21F2N3O3/c1-9(22)21-14(12-3-2-11(17)4-13(12)18)5-16(24)20-7-10-6-19-8-15(10)23/h2-4,10,14-15,19,23H,5-8H2,1H3,(H,20,24)(H,21,22). The highest BCUT2D eigenvalue weighted by Gasteiger charge is 2.26. The van der Waals surface area contributed by atoms with Gasteiger partial charge >= 0.3 is 0 Å². The molecule has 0 aromatic heterocycles. The van der Waals surface area contributed by atoms with E-state index < -0.39 is 35.6 Å². The molecule has 0 spiro atoms. The third-order valence-corrected chi connectivity index (χ3v) is 3.97. The molecule has 1 aliphatic heterocycles. The number of aliphatic hydroxyl groups is 1. The summed E-state index contributed by atoms with van der Waals surface area (Å²) in [6, 6.07) is 2.10. The van der Waals surface area contributed by atoms with E-state index in [0.29, 0.717) is 19.2 Å². The number of carbonyl (C=O) groups is 2. The summed E-state index contributed by atoms with van der Waals surface area (Å²) < 4.78 is 26.9. The highest BCUT2D eigenvalue weighted by molar-refractivity contribution is 5.79. The van der Waals surface area contributed by atoms with Gasteiger partial charge in [0.2, 0.25) is 11.8 Å². The van der Waals surface area contributed by atoms with Gasteiger partial charge in [-0.2, -0.15) is 0 Å². The molecule has 0 bridgehead atoms. The van der Waals surface area contributed by atoms with Crippen LogP contribution in [0.5, 0.6) is 0 Å². The number of nitrogens with one attached hydrogen (secondary N) is 3. The zero-order chi connectivity index (χ0) is 17.7. The zero-order valence-corrected chi connectivity index (χ0v) is 13.3. The molecule has 1 fully saturated rings. The molecule has 8 heteroatoms. The van der Waals surface area contributed by atoms with E-state index >= 15 is 0 Å². The van der Waals surface area contributed by atoms with Gasteiger partial charge in [0.05, 0.1) is 18.6 Å². The van der Waals surface area contributed by atoms with Gasteiger partial charge in [-0.05, 0) is 6.07 Å². The molecule has 132 valence electrons. The van der Waals surface area contributed by atoms with Crippen molar-refractivity contribution in [1.29, 1.82) is 0 Å². The van der Waals surface area contributed by atoms with Gasteiger partial charge in [0, 0.05) is 44.1 Å². The van der Waals surface area contributed by atoms with Crippen molar-refractivity contribution in [2.75, 3.05) is 19.6 Å². The second-order valence-electron chi connectivity index (χ2n) is 5.91. The van der Waals surface area contributed by atoms with Crippen LogP contribution in [0.25, 0.3) is 0 Å². The van der Waals surface area contributed by atoms with Gasteiger partial charge in [-0.15, -0.1) is 0 Å². The fraction of sp³-hybridized carbons (Fsp3) is 0.500. The van der Waals surface area contributed by atoms with Gasteiger partial charge in [-0.3, -0.25) is 9.59 Å². The molecular formula is C16H21F2N3O3. The second-order valence-corrected chi connectivity index (χ2v) is 5.91. The van der Waals surface area contributed by atoms with Crippen LogP contribution >= 0.6 is 0 Å². The van der Waals surface area contributed by atoms with Crippen LogP contribution in [0.15, 0.2) is 18.2 Å². The van der Waals surface area contributed by atoms with Crippen LogP contribution < -0.4 is 16.0 Å². The number of halogens is 2.